The Morgan fingerprint density at radius 1 is 0.600 bits per heavy atom. The standard InChI is InChI=1S/C34H50N2O4/c1-2-3-4-5-6-7-8-9-10-11-12-13-20-25-32(37)35-30(26-28-21-16-14-17-22-28)33(38)36-31(34(39)40)27-29-23-18-15-19-24-29/h14-19,21-24,30-31H,2-13,20,25-27H2,1H3,(H,35,37)(H,36,38)(H,39,40)/t30-,31-/m0/s1. The number of nitrogens with one attached hydrogen (secondary N) is 2. The Labute approximate surface area is 241 Å². The SMILES string of the molecule is CCCCCCCCCCCCCCCC(=O)N[C@@H](Cc1ccccc1)C(=O)N[C@@H](Cc1ccccc1)C(=O)O. The Bertz CT molecular complexity index is 964. The molecule has 6 heteroatoms. The van der Waals surface area contributed by atoms with Crippen molar-refractivity contribution in [1.82, 2.24) is 10.6 Å². The Morgan fingerprint density at radius 2 is 1.02 bits per heavy atom. The van der Waals surface area contributed by atoms with Gasteiger partial charge in [0.25, 0.3) is 0 Å². The number of amides is 2. The van der Waals surface area contributed by atoms with Gasteiger partial charge >= 0.3 is 5.97 Å². The molecule has 220 valence electrons. The van der Waals surface area contributed by atoms with Gasteiger partial charge in [0.2, 0.25) is 11.8 Å². The lowest BCUT2D eigenvalue weighted by atomic mass is 10.0. The number of carboxylic acid groups (broad SMARTS) is 1. The number of benzene rings is 2. The fraction of sp³-hybridized carbons (Fsp3) is 0.559. The lowest BCUT2D eigenvalue weighted by Gasteiger charge is -2.22. The van der Waals surface area contributed by atoms with Crippen molar-refractivity contribution < 1.29 is 19.5 Å². The maximum atomic E-state index is 13.2. The molecule has 2 rings (SSSR count). The largest absolute Gasteiger partial charge is 0.480 e. The molecule has 0 saturated heterocycles. The van der Waals surface area contributed by atoms with E-state index >= 15 is 0 Å². The first-order valence-electron chi connectivity index (χ1n) is 15.4. The van der Waals surface area contributed by atoms with Crippen molar-refractivity contribution in [2.45, 2.75) is 122 Å². The monoisotopic (exact) mass is 550 g/mol. The average Bonchev–Trinajstić information content (AvgIpc) is 2.95. The van der Waals surface area contributed by atoms with E-state index in [1.54, 1.807) is 0 Å². The summed E-state index contributed by atoms with van der Waals surface area (Å²) in [5, 5.41) is 15.2. The molecule has 2 atom stereocenters. The number of hydrogen-bond acceptors (Lipinski definition) is 3. The number of carboxylic acids is 1. The van der Waals surface area contributed by atoms with Crippen LogP contribution >= 0.6 is 0 Å². The minimum Gasteiger partial charge on any atom is -0.480 e. The number of aliphatic carboxylic acids is 1. The second-order valence-corrected chi connectivity index (χ2v) is 10.9. The molecule has 0 radical (unpaired) electrons. The van der Waals surface area contributed by atoms with Crippen LogP contribution in [0.25, 0.3) is 0 Å². The van der Waals surface area contributed by atoms with Crippen LogP contribution in [0.5, 0.6) is 0 Å². The van der Waals surface area contributed by atoms with Crippen LogP contribution < -0.4 is 10.6 Å². The molecule has 0 saturated carbocycles. The third kappa shape index (κ3) is 14.9. The smallest absolute Gasteiger partial charge is 0.326 e. The van der Waals surface area contributed by atoms with Crippen LogP contribution in [-0.2, 0) is 27.2 Å². The van der Waals surface area contributed by atoms with Gasteiger partial charge in [-0.2, -0.15) is 0 Å². The average molecular weight is 551 g/mol. The number of rotatable bonds is 22. The molecule has 0 bridgehead atoms. The molecule has 2 aromatic rings. The van der Waals surface area contributed by atoms with Gasteiger partial charge in [0.15, 0.2) is 0 Å². The number of hydrogen-bond donors (Lipinski definition) is 3. The molecule has 2 amide bonds. The quantitative estimate of drug-likeness (QED) is 0.137. The van der Waals surface area contributed by atoms with Crippen molar-refractivity contribution in [2.24, 2.45) is 0 Å². The topological polar surface area (TPSA) is 95.5 Å². The van der Waals surface area contributed by atoms with Crippen molar-refractivity contribution in [3.05, 3.63) is 71.8 Å². The Balaban J connectivity index is 1.75. The van der Waals surface area contributed by atoms with E-state index in [0.29, 0.717) is 12.8 Å². The highest BCUT2D eigenvalue weighted by Crippen LogP contribution is 2.13. The van der Waals surface area contributed by atoms with Crippen LogP contribution in [0, 0.1) is 0 Å². The minimum absolute atomic E-state index is 0.172. The summed E-state index contributed by atoms with van der Waals surface area (Å²) < 4.78 is 0. The molecule has 0 fully saturated rings. The van der Waals surface area contributed by atoms with Gasteiger partial charge in [-0.15, -0.1) is 0 Å². The molecule has 0 spiro atoms. The van der Waals surface area contributed by atoms with Crippen molar-refractivity contribution in [3.8, 4) is 0 Å². The number of carbonyl (C=O) groups is 3. The predicted octanol–water partition coefficient (Wildman–Crippen LogP) is 7.01. The third-order valence-electron chi connectivity index (χ3n) is 7.34. The Kier molecular flexibility index (Phi) is 17.1. The molecule has 0 aliphatic heterocycles. The maximum absolute atomic E-state index is 13.2. The summed E-state index contributed by atoms with van der Waals surface area (Å²) in [4.78, 5) is 37.8. The van der Waals surface area contributed by atoms with Crippen LogP contribution in [0.4, 0.5) is 0 Å². The van der Waals surface area contributed by atoms with E-state index in [4.69, 9.17) is 0 Å². The van der Waals surface area contributed by atoms with E-state index in [9.17, 15) is 19.5 Å². The van der Waals surface area contributed by atoms with Crippen molar-refractivity contribution >= 4 is 17.8 Å². The van der Waals surface area contributed by atoms with E-state index in [1.807, 2.05) is 60.7 Å². The van der Waals surface area contributed by atoms with Crippen molar-refractivity contribution in [1.29, 1.82) is 0 Å². The first kappa shape index (κ1) is 33.1. The van der Waals surface area contributed by atoms with Crippen LogP contribution in [0.15, 0.2) is 60.7 Å². The van der Waals surface area contributed by atoms with Gasteiger partial charge in [0.1, 0.15) is 12.1 Å². The van der Waals surface area contributed by atoms with Crippen molar-refractivity contribution in [2.75, 3.05) is 0 Å². The van der Waals surface area contributed by atoms with Crippen LogP contribution in [0.1, 0.15) is 108 Å². The molecule has 2 aromatic carbocycles. The van der Waals surface area contributed by atoms with Gasteiger partial charge in [0.05, 0.1) is 0 Å². The number of unbranched alkanes of at least 4 members (excludes halogenated alkanes) is 12. The van der Waals surface area contributed by atoms with Crippen LogP contribution in [0.2, 0.25) is 0 Å². The van der Waals surface area contributed by atoms with Crippen LogP contribution in [-0.4, -0.2) is 35.0 Å². The van der Waals surface area contributed by atoms with Gasteiger partial charge < -0.3 is 15.7 Å². The summed E-state index contributed by atoms with van der Waals surface area (Å²) in [5.41, 5.74) is 1.72. The molecule has 0 aromatic heterocycles. The zero-order valence-electron chi connectivity index (χ0n) is 24.4. The summed E-state index contributed by atoms with van der Waals surface area (Å²) >= 11 is 0. The summed E-state index contributed by atoms with van der Waals surface area (Å²) in [6.45, 7) is 2.25. The zero-order valence-corrected chi connectivity index (χ0v) is 24.4. The maximum Gasteiger partial charge on any atom is 0.326 e. The van der Waals surface area contributed by atoms with Gasteiger partial charge in [-0.25, -0.2) is 4.79 Å². The molecular weight excluding hydrogens is 500 g/mol. The second-order valence-electron chi connectivity index (χ2n) is 10.9. The van der Waals surface area contributed by atoms with Crippen molar-refractivity contribution in [3.63, 3.8) is 0 Å². The van der Waals surface area contributed by atoms with E-state index < -0.39 is 24.0 Å². The summed E-state index contributed by atoms with van der Waals surface area (Å²) in [7, 11) is 0. The highest BCUT2D eigenvalue weighted by molar-refractivity contribution is 5.90. The molecule has 40 heavy (non-hydrogen) atoms. The summed E-state index contributed by atoms with van der Waals surface area (Å²) in [6, 6.07) is 16.8. The van der Waals surface area contributed by atoms with E-state index in [0.717, 1.165) is 30.4 Å². The fourth-order valence-corrected chi connectivity index (χ4v) is 4.95. The highest BCUT2D eigenvalue weighted by atomic mass is 16.4. The third-order valence-corrected chi connectivity index (χ3v) is 7.34. The molecule has 0 aliphatic rings. The highest BCUT2D eigenvalue weighted by Gasteiger charge is 2.27. The molecule has 0 unspecified atom stereocenters. The first-order chi connectivity index (χ1) is 19.5. The molecule has 3 N–H and O–H groups in total. The number of carbonyl (C=O) groups excluding carboxylic acids is 2. The van der Waals surface area contributed by atoms with Crippen LogP contribution in [0.3, 0.4) is 0 Å². The normalized spacial score (nSPS) is 12.4. The minimum atomic E-state index is -1.10. The van der Waals surface area contributed by atoms with E-state index in [-0.39, 0.29) is 12.3 Å². The predicted molar refractivity (Wildman–Crippen MR) is 162 cm³/mol. The van der Waals surface area contributed by atoms with Gasteiger partial charge in [-0.05, 0) is 17.5 Å². The molecule has 0 heterocycles. The lowest BCUT2D eigenvalue weighted by Crippen LogP contribution is -2.53. The zero-order chi connectivity index (χ0) is 28.8. The first-order valence-corrected chi connectivity index (χ1v) is 15.4. The van der Waals surface area contributed by atoms with Gasteiger partial charge in [-0.1, -0.05) is 145 Å². The fourth-order valence-electron chi connectivity index (χ4n) is 4.95. The Morgan fingerprint density at radius 3 is 1.48 bits per heavy atom. The van der Waals surface area contributed by atoms with Gasteiger partial charge in [0, 0.05) is 19.3 Å². The van der Waals surface area contributed by atoms with E-state index in [1.165, 1.54) is 64.2 Å². The summed E-state index contributed by atoms with van der Waals surface area (Å²) in [5.74, 6) is -1.76. The summed E-state index contributed by atoms with van der Waals surface area (Å²) in [6.07, 6.45) is 16.9. The molecule has 6 nitrogen and oxygen atoms in total. The van der Waals surface area contributed by atoms with E-state index in [2.05, 4.69) is 17.6 Å². The Hall–Kier alpha value is -3.15. The molecule has 0 aliphatic carbocycles. The lowest BCUT2D eigenvalue weighted by molar-refractivity contribution is -0.142. The molecular formula is C34H50N2O4. The van der Waals surface area contributed by atoms with Gasteiger partial charge in [-0.3, -0.25) is 9.59 Å². The second kappa shape index (κ2) is 20.7.